The lowest BCUT2D eigenvalue weighted by Gasteiger charge is -2.12. The monoisotopic (exact) mass is 431 g/mol. The molecule has 0 amide bonds. The zero-order chi connectivity index (χ0) is 22.4. The van der Waals surface area contributed by atoms with Crippen LogP contribution < -0.4 is 10.2 Å². The summed E-state index contributed by atoms with van der Waals surface area (Å²) in [5, 5.41) is 0. The predicted molar refractivity (Wildman–Crippen MR) is 120 cm³/mol. The lowest BCUT2D eigenvalue weighted by Crippen LogP contribution is -2.12. The Balaban J connectivity index is 0.00000218. The van der Waals surface area contributed by atoms with Gasteiger partial charge in [-0.3, -0.25) is 0 Å². The van der Waals surface area contributed by atoms with Gasteiger partial charge >= 0.3 is 5.97 Å². The molecule has 162 valence electrons. The van der Waals surface area contributed by atoms with E-state index in [1.54, 1.807) is 19.2 Å². The Hall–Kier alpha value is -2.45. The molecule has 1 aromatic carbocycles. The van der Waals surface area contributed by atoms with Crippen molar-refractivity contribution in [3.63, 3.8) is 0 Å². The van der Waals surface area contributed by atoms with Gasteiger partial charge in [-0.15, -0.1) is 0 Å². The molecule has 30 heavy (non-hydrogen) atoms. The maximum absolute atomic E-state index is 11.1. The number of ether oxygens (including phenoxy) is 3. The molecule has 0 aliphatic rings. The molecule has 6 nitrogen and oxygen atoms in total. The van der Waals surface area contributed by atoms with Gasteiger partial charge in [0.05, 0.1) is 33.0 Å². The van der Waals surface area contributed by atoms with Gasteiger partial charge in [-0.1, -0.05) is 25.7 Å². The number of nitrogens with zero attached hydrogens (tertiary/aromatic N) is 1. The molecule has 1 unspecified atom stereocenters. The third-order valence-electron chi connectivity index (χ3n) is 3.59. The second-order valence-electron chi connectivity index (χ2n) is 5.69. The average Bonchev–Trinajstić information content (AvgIpc) is 2.78. The third-order valence-corrected chi connectivity index (χ3v) is 5.11. The Morgan fingerprint density at radius 1 is 1.07 bits per heavy atom. The van der Waals surface area contributed by atoms with E-state index in [9.17, 15) is 4.79 Å². The van der Waals surface area contributed by atoms with Gasteiger partial charge in [-0.05, 0) is 50.0 Å². The number of methoxy groups -OCH3 is 2. The van der Waals surface area contributed by atoms with Gasteiger partial charge in [0.15, 0.2) is 6.61 Å². The number of hydrogen-bond donors (Lipinski definition) is 0. The molecule has 2 rings (SSSR count). The van der Waals surface area contributed by atoms with Gasteiger partial charge in [0.1, 0.15) is 5.75 Å². The zero-order valence-electron chi connectivity index (χ0n) is 18.5. The molecule has 0 bridgehead atoms. The molecule has 0 fully saturated rings. The van der Waals surface area contributed by atoms with Crippen molar-refractivity contribution in [1.82, 2.24) is 4.98 Å². The topological polar surface area (TPSA) is 66.9 Å². The van der Waals surface area contributed by atoms with Crippen LogP contribution in [0.2, 0.25) is 0 Å². The quantitative estimate of drug-likeness (QED) is 0.359. The summed E-state index contributed by atoms with van der Waals surface area (Å²) in [7, 11) is 2.17. The van der Waals surface area contributed by atoms with Crippen LogP contribution in [-0.4, -0.2) is 45.1 Å². The number of benzene rings is 1. The Morgan fingerprint density at radius 3 is 2.33 bits per heavy atom. The highest BCUT2D eigenvalue weighted by Crippen LogP contribution is 2.30. The van der Waals surface area contributed by atoms with Crippen molar-refractivity contribution in [3.8, 4) is 17.6 Å². The van der Waals surface area contributed by atoms with Crippen molar-refractivity contribution in [3.05, 3.63) is 53.2 Å². The van der Waals surface area contributed by atoms with E-state index in [2.05, 4.69) is 21.6 Å². The Bertz CT molecular complexity index is 843. The van der Waals surface area contributed by atoms with Gasteiger partial charge in [0.2, 0.25) is 0 Å². The predicted octanol–water partition coefficient (Wildman–Crippen LogP) is 3.89. The van der Waals surface area contributed by atoms with E-state index in [-0.39, 0.29) is 6.61 Å². The van der Waals surface area contributed by atoms with Crippen molar-refractivity contribution in [1.29, 1.82) is 0 Å². The van der Waals surface area contributed by atoms with E-state index >= 15 is 0 Å². The zero-order valence-corrected chi connectivity index (χ0v) is 19.4. The minimum absolute atomic E-state index is 0.122. The molecular formula is C23H30NO5P. The summed E-state index contributed by atoms with van der Waals surface area (Å²) >= 11 is 0. The minimum Gasteiger partial charge on any atom is -0.482 e. The Morgan fingerprint density at radius 2 is 1.73 bits per heavy atom. The molecule has 1 heterocycles. The molecule has 0 N–H and O–H groups in total. The van der Waals surface area contributed by atoms with Crippen LogP contribution in [0.4, 0.5) is 0 Å². The second kappa shape index (κ2) is 14.5. The minimum atomic E-state index is -0.788. The van der Waals surface area contributed by atoms with Crippen molar-refractivity contribution in [2.45, 2.75) is 27.4 Å². The van der Waals surface area contributed by atoms with Gasteiger partial charge in [-0.25, -0.2) is 9.78 Å². The summed E-state index contributed by atoms with van der Waals surface area (Å²) in [6, 6.07) is 11.1. The lowest BCUT2D eigenvalue weighted by atomic mass is 10.2. The molecule has 0 aliphatic carbocycles. The number of hydrogen-bond acceptors (Lipinski definition) is 6. The van der Waals surface area contributed by atoms with Crippen molar-refractivity contribution < 1.29 is 23.5 Å². The van der Waals surface area contributed by atoms with Gasteiger partial charge in [-0.2, -0.15) is 0 Å². The highest BCUT2D eigenvalue weighted by atomic mass is 31.1. The van der Waals surface area contributed by atoms with Crippen molar-refractivity contribution >= 4 is 19.6 Å². The van der Waals surface area contributed by atoms with Gasteiger partial charge in [0, 0.05) is 24.8 Å². The SMILES string of the molecule is CC.CCOP(C)c1cc(C#Cc2ccc(OCC(=O)OC)cc2)cc(COC)n1. The van der Waals surface area contributed by atoms with Gasteiger partial charge in [0.25, 0.3) is 0 Å². The molecule has 0 saturated heterocycles. The number of carbonyl (C=O) groups is 1. The molecule has 0 saturated carbocycles. The normalized spacial score (nSPS) is 10.7. The summed E-state index contributed by atoms with van der Waals surface area (Å²) in [6.07, 6.45) is 0. The molecule has 1 atom stereocenters. The summed E-state index contributed by atoms with van der Waals surface area (Å²) in [5.74, 6) is 6.46. The van der Waals surface area contributed by atoms with Crippen LogP contribution in [0.3, 0.4) is 0 Å². The maximum Gasteiger partial charge on any atom is 0.343 e. The number of aromatic nitrogens is 1. The molecule has 2 aromatic rings. The first-order valence-electron chi connectivity index (χ1n) is 9.74. The van der Waals surface area contributed by atoms with Crippen LogP contribution in [0.5, 0.6) is 5.75 Å². The van der Waals surface area contributed by atoms with Gasteiger partial charge < -0.3 is 18.7 Å². The van der Waals surface area contributed by atoms with E-state index in [1.807, 2.05) is 51.7 Å². The fourth-order valence-electron chi connectivity index (χ4n) is 2.27. The van der Waals surface area contributed by atoms with E-state index in [0.29, 0.717) is 19.0 Å². The first kappa shape index (κ1) is 25.6. The molecule has 0 aliphatic heterocycles. The van der Waals surface area contributed by atoms with Crippen LogP contribution in [0.15, 0.2) is 36.4 Å². The largest absolute Gasteiger partial charge is 0.482 e. The second-order valence-corrected chi connectivity index (χ2v) is 7.40. The fraction of sp³-hybridized carbons (Fsp3) is 0.391. The highest BCUT2D eigenvalue weighted by molar-refractivity contribution is 7.59. The van der Waals surface area contributed by atoms with Crippen LogP contribution in [0.1, 0.15) is 37.6 Å². The molecular weight excluding hydrogens is 401 g/mol. The summed E-state index contributed by atoms with van der Waals surface area (Å²) in [4.78, 5) is 15.7. The van der Waals surface area contributed by atoms with Crippen LogP contribution in [-0.2, 0) is 25.4 Å². The number of carbonyl (C=O) groups excluding carboxylic acids is 1. The summed E-state index contributed by atoms with van der Waals surface area (Å²) in [5.41, 5.74) is 3.41. The summed E-state index contributed by atoms with van der Waals surface area (Å²) in [6.45, 7) is 8.94. The number of rotatable bonds is 8. The highest BCUT2D eigenvalue weighted by Gasteiger charge is 2.10. The van der Waals surface area contributed by atoms with Crippen LogP contribution in [0, 0.1) is 11.8 Å². The number of esters is 1. The van der Waals surface area contributed by atoms with Crippen molar-refractivity contribution in [2.75, 3.05) is 34.1 Å². The molecule has 0 spiro atoms. The molecule has 1 aromatic heterocycles. The average molecular weight is 431 g/mol. The Kier molecular flexibility index (Phi) is 12.4. The Labute approximate surface area is 180 Å². The van der Waals surface area contributed by atoms with Crippen LogP contribution >= 0.6 is 8.15 Å². The van der Waals surface area contributed by atoms with Crippen molar-refractivity contribution in [2.24, 2.45) is 0 Å². The van der Waals surface area contributed by atoms with E-state index < -0.39 is 14.1 Å². The standard InChI is InChI=1S/C21H24NO5P.C2H6/c1-5-27-28(4)20-13-17(12-18(22-20)14-24-2)7-6-16-8-10-19(11-9-16)26-15-21(23)25-3;1-2/h8-13H,5,14-15H2,1-4H3;1-2H3. The van der Waals surface area contributed by atoms with E-state index in [4.69, 9.17) is 14.0 Å². The van der Waals surface area contributed by atoms with E-state index in [0.717, 1.165) is 22.3 Å². The molecule has 7 heteroatoms. The molecule has 0 radical (unpaired) electrons. The smallest absolute Gasteiger partial charge is 0.343 e. The fourth-order valence-corrected chi connectivity index (χ4v) is 3.38. The lowest BCUT2D eigenvalue weighted by molar-refractivity contribution is -0.142. The number of pyridine rings is 1. The maximum atomic E-state index is 11.1. The van der Waals surface area contributed by atoms with E-state index in [1.165, 1.54) is 7.11 Å². The first-order chi connectivity index (χ1) is 14.5. The van der Waals surface area contributed by atoms with Crippen LogP contribution in [0.25, 0.3) is 0 Å². The summed E-state index contributed by atoms with van der Waals surface area (Å²) < 4.78 is 20.8. The first-order valence-corrected chi connectivity index (χ1v) is 11.4. The third kappa shape index (κ3) is 8.92.